The van der Waals surface area contributed by atoms with Gasteiger partial charge in [0, 0.05) is 21.7 Å². The zero-order chi connectivity index (χ0) is 15.0. The molecule has 4 heteroatoms. The van der Waals surface area contributed by atoms with E-state index in [4.69, 9.17) is 16.0 Å². The number of rotatable bonds is 2. The minimum atomic E-state index is -0.255. The molecule has 1 aromatic heterocycles. The van der Waals surface area contributed by atoms with Crippen LogP contribution >= 0.6 is 11.6 Å². The number of nitrogens with one attached hydrogen (secondary N) is 1. The second-order valence-electron chi connectivity index (χ2n) is 4.97. The van der Waals surface area contributed by atoms with Crippen molar-refractivity contribution >= 4 is 34.2 Å². The van der Waals surface area contributed by atoms with Gasteiger partial charge in [0.05, 0.1) is 0 Å². The van der Waals surface area contributed by atoms with Crippen molar-refractivity contribution in [3.05, 3.63) is 64.4 Å². The van der Waals surface area contributed by atoms with Crippen LogP contribution in [0.1, 0.15) is 21.7 Å². The number of hydrogen-bond acceptors (Lipinski definition) is 2. The van der Waals surface area contributed by atoms with Crippen molar-refractivity contribution in [2.75, 3.05) is 5.32 Å². The van der Waals surface area contributed by atoms with Crippen molar-refractivity contribution in [3.8, 4) is 0 Å². The molecular weight excluding hydrogens is 286 g/mol. The summed E-state index contributed by atoms with van der Waals surface area (Å²) in [7, 11) is 0. The van der Waals surface area contributed by atoms with Crippen molar-refractivity contribution in [1.82, 2.24) is 0 Å². The lowest BCUT2D eigenvalue weighted by Gasteiger charge is -2.07. The van der Waals surface area contributed by atoms with Crippen molar-refractivity contribution in [1.29, 1.82) is 0 Å². The highest BCUT2D eigenvalue weighted by Crippen LogP contribution is 2.26. The summed E-state index contributed by atoms with van der Waals surface area (Å²) in [6.07, 6.45) is 0. The Morgan fingerprint density at radius 2 is 1.90 bits per heavy atom. The van der Waals surface area contributed by atoms with Crippen LogP contribution in [0.25, 0.3) is 11.0 Å². The van der Waals surface area contributed by atoms with E-state index in [0.717, 1.165) is 22.2 Å². The Bertz CT molecular complexity index is 836. The van der Waals surface area contributed by atoms with Gasteiger partial charge < -0.3 is 9.73 Å². The summed E-state index contributed by atoms with van der Waals surface area (Å²) in [5.41, 5.74) is 3.19. The summed E-state index contributed by atoms with van der Waals surface area (Å²) in [5.74, 6) is 0.0830. The van der Waals surface area contributed by atoms with Crippen LogP contribution in [0.15, 0.2) is 46.9 Å². The molecule has 1 N–H and O–H groups in total. The summed E-state index contributed by atoms with van der Waals surface area (Å²) >= 11 is 5.92. The van der Waals surface area contributed by atoms with Crippen molar-refractivity contribution in [2.45, 2.75) is 13.8 Å². The molecule has 3 aromatic rings. The molecule has 0 aliphatic heterocycles. The van der Waals surface area contributed by atoms with Crippen LogP contribution in [-0.2, 0) is 0 Å². The lowest BCUT2D eigenvalue weighted by Crippen LogP contribution is -2.12. The maximum atomic E-state index is 12.4. The fourth-order valence-corrected chi connectivity index (χ4v) is 2.56. The van der Waals surface area contributed by atoms with Crippen LogP contribution < -0.4 is 5.32 Å². The third kappa shape index (κ3) is 2.52. The lowest BCUT2D eigenvalue weighted by molar-refractivity contribution is 0.0998. The quantitative estimate of drug-likeness (QED) is 0.727. The Morgan fingerprint density at radius 3 is 2.62 bits per heavy atom. The Labute approximate surface area is 127 Å². The molecule has 0 saturated heterocycles. The molecule has 21 heavy (non-hydrogen) atoms. The van der Waals surface area contributed by atoms with Crippen molar-refractivity contribution < 1.29 is 9.21 Å². The van der Waals surface area contributed by atoms with Gasteiger partial charge in [-0.1, -0.05) is 29.8 Å². The minimum Gasteiger partial charge on any atom is -0.451 e. The van der Waals surface area contributed by atoms with Crippen LogP contribution in [-0.4, -0.2) is 5.91 Å². The van der Waals surface area contributed by atoms with Crippen LogP contribution in [0.2, 0.25) is 5.02 Å². The monoisotopic (exact) mass is 299 g/mol. The third-order valence-electron chi connectivity index (χ3n) is 3.49. The molecule has 106 valence electrons. The average molecular weight is 300 g/mol. The van der Waals surface area contributed by atoms with Gasteiger partial charge in [-0.05, 0) is 43.7 Å². The predicted molar refractivity (Wildman–Crippen MR) is 85.1 cm³/mol. The molecule has 0 spiro atoms. The number of para-hydroxylation sites is 1. The molecule has 3 nitrogen and oxygen atoms in total. The van der Waals surface area contributed by atoms with Crippen LogP contribution in [0.5, 0.6) is 0 Å². The van der Waals surface area contributed by atoms with Gasteiger partial charge in [0.25, 0.3) is 5.91 Å². The van der Waals surface area contributed by atoms with Gasteiger partial charge in [0.15, 0.2) is 5.76 Å². The molecule has 0 fully saturated rings. The predicted octanol–water partition coefficient (Wildman–Crippen LogP) is 4.96. The highest BCUT2D eigenvalue weighted by molar-refractivity contribution is 6.30. The molecule has 0 aliphatic rings. The molecule has 1 amide bonds. The Balaban J connectivity index is 1.95. The van der Waals surface area contributed by atoms with Crippen LogP contribution in [0.4, 0.5) is 5.69 Å². The first kappa shape index (κ1) is 13.7. The van der Waals surface area contributed by atoms with E-state index in [1.165, 1.54) is 0 Å². The maximum Gasteiger partial charge on any atom is 0.291 e. The molecule has 3 rings (SSSR count). The van der Waals surface area contributed by atoms with E-state index in [1.807, 2.05) is 44.2 Å². The molecule has 0 atom stereocenters. The first-order valence-corrected chi connectivity index (χ1v) is 6.99. The molecule has 0 saturated carbocycles. The van der Waals surface area contributed by atoms with Gasteiger partial charge in [-0.3, -0.25) is 4.79 Å². The van der Waals surface area contributed by atoms with Gasteiger partial charge in [-0.2, -0.15) is 0 Å². The number of anilines is 1. The summed E-state index contributed by atoms with van der Waals surface area (Å²) in [4.78, 5) is 12.4. The molecule has 0 bridgehead atoms. The van der Waals surface area contributed by atoms with E-state index >= 15 is 0 Å². The van der Waals surface area contributed by atoms with Gasteiger partial charge in [0.2, 0.25) is 0 Å². The van der Waals surface area contributed by atoms with Gasteiger partial charge >= 0.3 is 0 Å². The fourth-order valence-electron chi connectivity index (χ4n) is 2.34. The van der Waals surface area contributed by atoms with Crippen molar-refractivity contribution in [3.63, 3.8) is 0 Å². The van der Waals surface area contributed by atoms with Gasteiger partial charge in [-0.25, -0.2) is 0 Å². The molecule has 0 aliphatic carbocycles. The van der Waals surface area contributed by atoms with E-state index in [0.29, 0.717) is 16.4 Å². The Hall–Kier alpha value is -2.26. The third-order valence-corrected chi connectivity index (χ3v) is 3.72. The van der Waals surface area contributed by atoms with Crippen LogP contribution in [0.3, 0.4) is 0 Å². The normalized spacial score (nSPS) is 10.8. The highest BCUT2D eigenvalue weighted by Gasteiger charge is 2.17. The number of halogens is 1. The van der Waals surface area contributed by atoms with E-state index in [1.54, 1.807) is 12.1 Å². The number of furan rings is 1. The summed E-state index contributed by atoms with van der Waals surface area (Å²) in [6, 6.07) is 12.9. The number of fused-ring (bicyclic) bond motifs is 1. The minimum absolute atomic E-state index is 0.255. The topological polar surface area (TPSA) is 42.2 Å². The zero-order valence-electron chi connectivity index (χ0n) is 11.7. The fraction of sp³-hybridized carbons (Fsp3) is 0.118. The molecule has 0 radical (unpaired) electrons. The maximum absolute atomic E-state index is 12.4. The first-order chi connectivity index (χ1) is 10.1. The number of aryl methyl sites for hydroxylation is 2. The molecule has 1 heterocycles. The molecule has 2 aromatic carbocycles. The SMILES string of the molecule is Cc1cc(Cl)ccc1NC(=O)c1oc2ccccc2c1C. The van der Waals surface area contributed by atoms with E-state index in [9.17, 15) is 4.79 Å². The van der Waals surface area contributed by atoms with Gasteiger partial charge in [-0.15, -0.1) is 0 Å². The summed E-state index contributed by atoms with van der Waals surface area (Å²) < 4.78 is 5.66. The Morgan fingerprint density at radius 1 is 1.14 bits per heavy atom. The number of carbonyl (C=O) groups is 1. The van der Waals surface area contributed by atoms with Gasteiger partial charge in [0.1, 0.15) is 5.58 Å². The number of amides is 1. The van der Waals surface area contributed by atoms with E-state index in [-0.39, 0.29) is 5.91 Å². The summed E-state index contributed by atoms with van der Waals surface area (Å²) in [5, 5.41) is 4.46. The second-order valence-corrected chi connectivity index (χ2v) is 5.40. The molecular formula is C17H14ClNO2. The average Bonchev–Trinajstić information content (AvgIpc) is 2.80. The first-order valence-electron chi connectivity index (χ1n) is 6.62. The standard InChI is InChI=1S/C17H14ClNO2/c1-10-9-12(18)7-8-14(10)19-17(20)16-11(2)13-5-3-4-6-15(13)21-16/h3-9H,1-2H3,(H,19,20). The molecule has 0 unspecified atom stereocenters. The number of carbonyl (C=O) groups excluding carboxylic acids is 1. The second kappa shape index (κ2) is 5.26. The van der Waals surface area contributed by atoms with Crippen molar-refractivity contribution in [2.24, 2.45) is 0 Å². The number of benzene rings is 2. The largest absolute Gasteiger partial charge is 0.451 e. The zero-order valence-corrected chi connectivity index (χ0v) is 12.5. The lowest BCUT2D eigenvalue weighted by atomic mass is 10.1. The highest BCUT2D eigenvalue weighted by atomic mass is 35.5. The van der Waals surface area contributed by atoms with E-state index in [2.05, 4.69) is 5.32 Å². The van der Waals surface area contributed by atoms with Crippen LogP contribution in [0, 0.1) is 13.8 Å². The van der Waals surface area contributed by atoms with E-state index < -0.39 is 0 Å². The number of hydrogen-bond donors (Lipinski definition) is 1. The Kier molecular flexibility index (Phi) is 3.43. The smallest absolute Gasteiger partial charge is 0.291 e. The summed E-state index contributed by atoms with van der Waals surface area (Å²) in [6.45, 7) is 3.78.